The second-order valence-electron chi connectivity index (χ2n) is 7.08. The van der Waals surface area contributed by atoms with Gasteiger partial charge in [-0.15, -0.1) is 0 Å². The Labute approximate surface area is 166 Å². The van der Waals surface area contributed by atoms with Crippen molar-refractivity contribution in [3.63, 3.8) is 0 Å². The molecule has 2 aromatic carbocycles. The number of hydrogen-bond acceptors (Lipinski definition) is 4. The minimum absolute atomic E-state index is 0.0228. The number of carbonyl (C=O) groups excluding carboxylic acids is 1. The molecule has 1 fully saturated rings. The number of nitriles is 1. The highest BCUT2D eigenvalue weighted by Crippen LogP contribution is 2.41. The molecule has 0 aromatic heterocycles. The Morgan fingerprint density at radius 1 is 1.14 bits per heavy atom. The zero-order valence-electron chi connectivity index (χ0n) is 16.5. The van der Waals surface area contributed by atoms with Crippen molar-refractivity contribution in [3.05, 3.63) is 53.6 Å². The molecular weight excluding hydrogens is 352 g/mol. The highest BCUT2D eigenvalue weighted by atomic mass is 16.5. The summed E-state index contributed by atoms with van der Waals surface area (Å²) >= 11 is 0. The third-order valence-electron chi connectivity index (χ3n) is 5.44. The normalized spacial score (nSPS) is 15.3. The largest absolute Gasteiger partial charge is 0.497 e. The van der Waals surface area contributed by atoms with Crippen LogP contribution in [-0.4, -0.2) is 19.6 Å². The molecule has 0 unspecified atom stereocenters. The van der Waals surface area contributed by atoms with Crippen LogP contribution in [0.1, 0.15) is 50.2 Å². The van der Waals surface area contributed by atoms with Gasteiger partial charge in [0.15, 0.2) is 0 Å². The van der Waals surface area contributed by atoms with Crippen molar-refractivity contribution in [2.75, 3.05) is 19.0 Å². The van der Waals surface area contributed by atoms with Crippen LogP contribution in [0.4, 0.5) is 5.69 Å². The fraction of sp³-hybridized carbons (Fsp3) is 0.391. The second kappa shape index (κ2) is 8.79. The summed E-state index contributed by atoms with van der Waals surface area (Å²) in [5.74, 6) is 1.29. The van der Waals surface area contributed by atoms with E-state index >= 15 is 0 Å². The number of hydrogen-bond donors (Lipinski definition) is 1. The first-order chi connectivity index (χ1) is 13.6. The van der Waals surface area contributed by atoms with Gasteiger partial charge < -0.3 is 14.8 Å². The summed E-state index contributed by atoms with van der Waals surface area (Å²) in [5.41, 5.74) is 1.48. The summed E-state index contributed by atoms with van der Waals surface area (Å²) < 4.78 is 10.7. The molecule has 28 heavy (non-hydrogen) atoms. The first-order valence-corrected chi connectivity index (χ1v) is 9.76. The molecule has 0 radical (unpaired) electrons. The molecule has 146 valence electrons. The van der Waals surface area contributed by atoms with Gasteiger partial charge in [0.25, 0.3) is 0 Å². The van der Waals surface area contributed by atoms with Gasteiger partial charge in [-0.3, -0.25) is 4.79 Å². The van der Waals surface area contributed by atoms with E-state index < -0.39 is 5.41 Å². The van der Waals surface area contributed by atoms with E-state index in [2.05, 4.69) is 11.4 Å². The molecule has 0 bridgehead atoms. The molecule has 1 aliphatic carbocycles. The molecule has 0 heterocycles. The Hall–Kier alpha value is -3.00. The van der Waals surface area contributed by atoms with E-state index in [4.69, 9.17) is 9.47 Å². The number of carbonyl (C=O) groups is 1. The van der Waals surface area contributed by atoms with E-state index in [1.165, 1.54) is 0 Å². The lowest BCUT2D eigenvalue weighted by Crippen LogP contribution is -2.42. The molecule has 0 saturated heterocycles. The maximum absolute atomic E-state index is 13.4. The molecule has 1 amide bonds. The zero-order valence-corrected chi connectivity index (χ0v) is 16.5. The Morgan fingerprint density at radius 2 is 1.86 bits per heavy atom. The van der Waals surface area contributed by atoms with Crippen LogP contribution in [0.5, 0.6) is 11.5 Å². The highest BCUT2D eigenvalue weighted by Gasteiger charge is 2.41. The van der Waals surface area contributed by atoms with Crippen LogP contribution in [0.15, 0.2) is 42.5 Å². The number of amides is 1. The van der Waals surface area contributed by atoms with Crippen LogP contribution in [0, 0.1) is 11.3 Å². The Bertz CT molecular complexity index is 862. The Balaban J connectivity index is 1.89. The van der Waals surface area contributed by atoms with Crippen LogP contribution in [0.25, 0.3) is 0 Å². The minimum atomic E-state index is -0.560. The Kier molecular flexibility index (Phi) is 6.20. The lowest BCUT2D eigenvalue weighted by Gasteiger charge is -2.36. The first-order valence-electron chi connectivity index (χ1n) is 9.76. The average Bonchev–Trinajstić information content (AvgIpc) is 2.75. The SMILES string of the molecule is CCOc1ccc(NC(=O)C2(c3ccc(OC)cc3)CCCCC2)cc1C#N. The lowest BCUT2D eigenvalue weighted by atomic mass is 9.68. The highest BCUT2D eigenvalue weighted by molar-refractivity contribution is 5.99. The monoisotopic (exact) mass is 378 g/mol. The summed E-state index contributed by atoms with van der Waals surface area (Å²) in [6.45, 7) is 2.36. The predicted octanol–water partition coefficient (Wildman–Crippen LogP) is 4.81. The zero-order chi connectivity index (χ0) is 20.0. The standard InChI is InChI=1S/C23H26N2O3/c1-3-28-21-12-9-19(15-17(21)16-24)25-22(26)23(13-5-4-6-14-23)18-7-10-20(27-2)11-8-18/h7-12,15H,3-6,13-14H2,1-2H3,(H,25,26). The summed E-state index contributed by atoms with van der Waals surface area (Å²) in [4.78, 5) is 13.4. The molecule has 5 nitrogen and oxygen atoms in total. The van der Waals surface area contributed by atoms with Gasteiger partial charge in [-0.05, 0) is 55.7 Å². The van der Waals surface area contributed by atoms with E-state index in [0.717, 1.165) is 43.4 Å². The smallest absolute Gasteiger partial charge is 0.235 e. The van der Waals surface area contributed by atoms with Crippen molar-refractivity contribution in [2.24, 2.45) is 0 Å². The number of nitrogens with one attached hydrogen (secondary N) is 1. The van der Waals surface area contributed by atoms with E-state index in [1.807, 2.05) is 31.2 Å². The van der Waals surface area contributed by atoms with Crippen LogP contribution in [0.3, 0.4) is 0 Å². The molecule has 0 aliphatic heterocycles. The molecule has 2 aromatic rings. The summed E-state index contributed by atoms with van der Waals surface area (Å²) in [7, 11) is 1.64. The number of rotatable bonds is 6. The van der Waals surface area contributed by atoms with Crippen molar-refractivity contribution in [1.82, 2.24) is 0 Å². The van der Waals surface area contributed by atoms with E-state index in [1.54, 1.807) is 25.3 Å². The van der Waals surface area contributed by atoms with Gasteiger partial charge in [0, 0.05) is 5.69 Å². The van der Waals surface area contributed by atoms with Crippen molar-refractivity contribution in [2.45, 2.75) is 44.4 Å². The van der Waals surface area contributed by atoms with Crippen LogP contribution >= 0.6 is 0 Å². The average molecular weight is 378 g/mol. The molecule has 0 atom stereocenters. The number of methoxy groups -OCH3 is 1. The molecule has 3 rings (SSSR count). The fourth-order valence-corrected chi connectivity index (χ4v) is 3.94. The minimum Gasteiger partial charge on any atom is -0.497 e. The van der Waals surface area contributed by atoms with Gasteiger partial charge in [0.2, 0.25) is 5.91 Å². The van der Waals surface area contributed by atoms with E-state index in [0.29, 0.717) is 23.6 Å². The second-order valence-corrected chi connectivity index (χ2v) is 7.08. The molecule has 5 heteroatoms. The summed E-state index contributed by atoms with van der Waals surface area (Å²) in [5, 5.41) is 12.4. The third-order valence-corrected chi connectivity index (χ3v) is 5.44. The number of benzene rings is 2. The van der Waals surface area contributed by atoms with Gasteiger partial charge in [-0.2, -0.15) is 5.26 Å². The third kappa shape index (κ3) is 3.96. The first kappa shape index (κ1) is 19.8. The molecule has 1 saturated carbocycles. The van der Waals surface area contributed by atoms with Gasteiger partial charge in [0.05, 0.1) is 24.7 Å². The quantitative estimate of drug-likeness (QED) is 0.783. The Morgan fingerprint density at radius 3 is 2.46 bits per heavy atom. The van der Waals surface area contributed by atoms with Crippen LogP contribution < -0.4 is 14.8 Å². The van der Waals surface area contributed by atoms with Gasteiger partial charge in [-0.1, -0.05) is 31.4 Å². The van der Waals surface area contributed by atoms with Crippen molar-refractivity contribution in [1.29, 1.82) is 5.26 Å². The number of nitrogens with zero attached hydrogens (tertiary/aromatic N) is 1. The summed E-state index contributed by atoms with van der Waals surface area (Å²) in [6, 6.07) is 15.1. The topological polar surface area (TPSA) is 71.3 Å². The van der Waals surface area contributed by atoms with Crippen LogP contribution in [-0.2, 0) is 10.2 Å². The number of ether oxygens (including phenoxy) is 2. The van der Waals surface area contributed by atoms with Crippen LogP contribution in [0.2, 0.25) is 0 Å². The molecule has 1 N–H and O–H groups in total. The fourth-order valence-electron chi connectivity index (χ4n) is 3.94. The number of anilines is 1. The van der Waals surface area contributed by atoms with E-state index in [-0.39, 0.29) is 5.91 Å². The van der Waals surface area contributed by atoms with Gasteiger partial charge >= 0.3 is 0 Å². The van der Waals surface area contributed by atoms with E-state index in [9.17, 15) is 10.1 Å². The predicted molar refractivity (Wildman–Crippen MR) is 109 cm³/mol. The van der Waals surface area contributed by atoms with Crippen molar-refractivity contribution in [3.8, 4) is 17.6 Å². The van der Waals surface area contributed by atoms with Crippen molar-refractivity contribution < 1.29 is 14.3 Å². The lowest BCUT2D eigenvalue weighted by molar-refractivity contribution is -0.122. The van der Waals surface area contributed by atoms with Gasteiger partial charge in [0.1, 0.15) is 17.6 Å². The molecule has 0 spiro atoms. The molecular formula is C23H26N2O3. The van der Waals surface area contributed by atoms with Gasteiger partial charge in [-0.25, -0.2) is 0 Å². The summed E-state index contributed by atoms with van der Waals surface area (Å²) in [6.07, 6.45) is 4.81. The molecule has 1 aliphatic rings. The van der Waals surface area contributed by atoms with Crippen molar-refractivity contribution >= 4 is 11.6 Å². The maximum Gasteiger partial charge on any atom is 0.235 e. The maximum atomic E-state index is 13.4.